The predicted octanol–water partition coefficient (Wildman–Crippen LogP) is -1.87. The Morgan fingerprint density at radius 1 is 1.57 bits per heavy atom. The molecule has 0 atom stereocenters. The second-order valence-corrected chi connectivity index (χ2v) is 3.85. The first-order chi connectivity index (χ1) is 5.89. The van der Waals surface area contributed by atoms with Crippen LogP contribution in [0.15, 0.2) is 12.7 Å². The summed E-state index contributed by atoms with van der Waals surface area (Å²) in [6.07, 6.45) is 1.55. The van der Waals surface area contributed by atoms with Crippen LogP contribution in [0.1, 0.15) is 13.3 Å². The van der Waals surface area contributed by atoms with E-state index in [1.807, 2.05) is 0 Å². The van der Waals surface area contributed by atoms with E-state index in [-0.39, 0.29) is 35.3 Å². The molecule has 0 rings (SSSR count). The van der Waals surface area contributed by atoms with E-state index in [1.54, 1.807) is 6.92 Å². The van der Waals surface area contributed by atoms with Crippen LogP contribution in [-0.2, 0) is 19.1 Å². The summed E-state index contributed by atoms with van der Waals surface area (Å²) in [5.41, 5.74) is 6.07. The Bertz CT molecular complexity index is 250. The second-order valence-electron chi connectivity index (χ2n) is 2.00. The zero-order valence-electron chi connectivity index (χ0n) is 8.74. The largest absolute Gasteiger partial charge is 1.00 e. The zero-order chi connectivity index (χ0) is 10.9. The van der Waals surface area contributed by atoms with Gasteiger partial charge in [0, 0.05) is 0 Å². The summed E-state index contributed by atoms with van der Waals surface area (Å²) in [6, 6.07) is 0. The van der Waals surface area contributed by atoms with Gasteiger partial charge in [-0.3, -0.25) is 4.18 Å². The summed E-state index contributed by atoms with van der Waals surface area (Å²) in [6.45, 7) is 4.81. The Morgan fingerprint density at radius 2 is 1.93 bits per heavy atom. The Kier molecular flexibility index (Phi) is 15.7. The molecular weight excluding hydrogens is 217 g/mol. The minimum absolute atomic E-state index is 0. The van der Waals surface area contributed by atoms with Gasteiger partial charge in [-0.05, 0) is 12.5 Å². The first kappa shape index (κ1) is 19.7. The smallest absolute Gasteiger partial charge is 0.664 e. The van der Waals surface area contributed by atoms with Crippen molar-refractivity contribution in [3.8, 4) is 0 Å². The van der Waals surface area contributed by atoms with Gasteiger partial charge in [-0.15, -0.1) is 0 Å². The molecule has 0 aliphatic heterocycles. The molecule has 0 heterocycles. The number of carbonyl (C=O) groups excluding carboxylic acids is 1. The first-order valence-electron chi connectivity index (χ1n) is 3.56. The van der Waals surface area contributed by atoms with Crippen molar-refractivity contribution in [1.82, 2.24) is 0 Å². The van der Waals surface area contributed by atoms with Crippen molar-refractivity contribution in [3.05, 3.63) is 18.4 Å². The Hall–Kier alpha value is 0.120. The number of carbonyl (C=O) groups is 1. The van der Waals surface area contributed by atoms with E-state index >= 15 is 0 Å². The third-order valence-corrected chi connectivity index (χ3v) is 2.31. The van der Waals surface area contributed by atoms with Gasteiger partial charge >= 0.3 is 29.6 Å². The number of nitrogens with one attached hydrogen (secondary N) is 1. The molecule has 5 nitrogen and oxygen atoms in total. The molecule has 0 aromatic carbocycles. The van der Waals surface area contributed by atoms with Gasteiger partial charge < -0.3 is 10.5 Å². The predicted molar refractivity (Wildman–Crippen MR) is 50.6 cm³/mol. The molecule has 0 aliphatic rings. The molecule has 0 saturated heterocycles. The Balaban J connectivity index is -0.000000177. The molecule has 1 amide bonds. The van der Waals surface area contributed by atoms with Gasteiger partial charge in [0.2, 0.25) is 0 Å². The summed E-state index contributed by atoms with van der Waals surface area (Å²) in [5, 5.41) is 0. The standard InChI is InChI=1S/C4H10O3S.C3H5NO.Na/c1-3-4-8(5,6)7-2;1-2-3(4)5;/h3-4H2,1-2H3;2H,1H2,(H2,4,5);/q;;+1/p-1. The van der Waals surface area contributed by atoms with E-state index in [4.69, 9.17) is 5.73 Å². The van der Waals surface area contributed by atoms with Crippen LogP contribution in [0.5, 0.6) is 0 Å². The maximum absolute atomic E-state index is 10.4. The normalized spacial score (nSPS) is 9.00. The number of hydrogen-bond acceptors (Lipinski definition) is 4. The Labute approximate surface area is 107 Å². The van der Waals surface area contributed by atoms with Gasteiger partial charge in [0.05, 0.1) is 18.8 Å². The molecule has 0 saturated carbocycles. The van der Waals surface area contributed by atoms with Crippen molar-refractivity contribution in [1.29, 1.82) is 0 Å². The fourth-order valence-electron chi connectivity index (χ4n) is 0.333. The molecule has 0 fully saturated rings. The minimum atomic E-state index is -3.17. The quantitative estimate of drug-likeness (QED) is 0.322. The van der Waals surface area contributed by atoms with Crippen LogP contribution in [0, 0.1) is 0 Å². The van der Waals surface area contributed by atoms with Crippen LogP contribution >= 0.6 is 0 Å². The minimum Gasteiger partial charge on any atom is -0.664 e. The van der Waals surface area contributed by atoms with E-state index < -0.39 is 16.0 Å². The third-order valence-electron chi connectivity index (χ3n) is 0.893. The van der Waals surface area contributed by atoms with Gasteiger partial charge in [0.25, 0.3) is 10.1 Å². The second kappa shape index (κ2) is 11.2. The number of hydrogen-bond donors (Lipinski definition) is 0. The van der Waals surface area contributed by atoms with Gasteiger partial charge in [-0.2, -0.15) is 8.42 Å². The molecule has 0 aliphatic carbocycles. The molecule has 1 N–H and O–H groups in total. The third kappa shape index (κ3) is 18.0. The summed E-state index contributed by atoms with van der Waals surface area (Å²) in [5.74, 6) is -0.617. The van der Waals surface area contributed by atoms with Gasteiger partial charge in [0.1, 0.15) is 0 Å². The summed E-state index contributed by atoms with van der Waals surface area (Å²) in [4.78, 5) is 9.36. The van der Waals surface area contributed by atoms with Crippen LogP contribution in [-0.4, -0.2) is 27.2 Å². The van der Waals surface area contributed by atoms with E-state index in [2.05, 4.69) is 10.8 Å². The van der Waals surface area contributed by atoms with Gasteiger partial charge in [0.15, 0.2) is 0 Å². The Morgan fingerprint density at radius 3 is 2.00 bits per heavy atom. The topological polar surface area (TPSA) is 84.2 Å². The van der Waals surface area contributed by atoms with Crippen LogP contribution in [0.4, 0.5) is 0 Å². The molecule has 0 spiro atoms. The maximum atomic E-state index is 10.4. The molecule has 7 heteroatoms. The van der Waals surface area contributed by atoms with E-state index in [9.17, 15) is 13.2 Å². The number of rotatable bonds is 4. The summed E-state index contributed by atoms with van der Waals surface area (Å²) >= 11 is 0. The molecule has 0 bridgehead atoms. The number of amides is 1. The molecule has 78 valence electrons. The van der Waals surface area contributed by atoms with E-state index in [1.165, 1.54) is 7.11 Å². The van der Waals surface area contributed by atoms with Crippen molar-refractivity contribution >= 4 is 16.0 Å². The van der Waals surface area contributed by atoms with Crippen molar-refractivity contribution in [3.63, 3.8) is 0 Å². The molecule has 0 aromatic heterocycles. The monoisotopic (exact) mass is 231 g/mol. The molecule has 0 radical (unpaired) electrons. The van der Waals surface area contributed by atoms with Gasteiger partial charge in [-0.25, -0.2) is 0 Å². The van der Waals surface area contributed by atoms with Gasteiger partial charge in [-0.1, -0.05) is 13.5 Å². The van der Waals surface area contributed by atoms with Crippen molar-refractivity contribution in [2.24, 2.45) is 0 Å². The van der Waals surface area contributed by atoms with Crippen LogP contribution in [0.25, 0.3) is 5.73 Å². The molecule has 0 aromatic rings. The maximum Gasteiger partial charge on any atom is 1.00 e. The molecular formula is C7H14NNaO4S. The van der Waals surface area contributed by atoms with Crippen molar-refractivity contribution in [2.45, 2.75) is 13.3 Å². The zero-order valence-corrected chi connectivity index (χ0v) is 11.6. The van der Waals surface area contributed by atoms with Crippen LogP contribution in [0.2, 0.25) is 0 Å². The fourth-order valence-corrected chi connectivity index (χ4v) is 1.000. The summed E-state index contributed by atoms with van der Waals surface area (Å²) < 4.78 is 24.9. The van der Waals surface area contributed by atoms with Crippen molar-refractivity contribution in [2.75, 3.05) is 12.9 Å². The van der Waals surface area contributed by atoms with Crippen LogP contribution < -0.4 is 29.6 Å². The fraction of sp³-hybridized carbons (Fsp3) is 0.571. The summed E-state index contributed by atoms with van der Waals surface area (Å²) in [7, 11) is -2.00. The average molecular weight is 231 g/mol. The van der Waals surface area contributed by atoms with E-state index in [0.29, 0.717) is 6.42 Å². The van der Waals surface area contributed by atoms with Crippen LogP contribution in [0.3, 0.4) is 0 Å². The first-order valence-corrected chi connectivity index (χ1v) is 5.13. The molecule has 0 unspecified atom stereocenters. The average Bonchev–Trinajstić information content (AvgIpc) is 2.05. The van der Waals surface area contributed by atoms with Crippen molar-refractivity contribution < 1.29 is 47.0 Å². The molecule has 14 heavy (non-hydrogen) atoms. The van der Waals surface area contributed by atoms with E-state index in [0.717, 1.165) is 6.08 Å². The SMILES string of the molecule is C=CC([NH-])=O.CCCS(=O)(=O)OC.[Na+].